The summed E-state index contributed by atoms with van der Waals surface area (Å²) in [5.41, 5.74) is 2.08. The number of rotatable bonds is 5. The van der Waals surface area contributed by atoms with Crippen molar-refractivity contribution in [2.45, 2.75) is 38.5 Å². The van der Waals surface area contributed by atoms with E-state index in [2.05, 4.69) is 36.6 Å². The van der Waals surface area contributed by atoms with Crippen LogP contribution in [0.15, 0.2) is 18.2 Å². The second-order valence-electron chi connectivity index (χ2n) is 5.44. The minimum atomic E-state index is -0.901. The van der Waals surface area contributed by atoms with Crippen molar-refractivity contribution in [3.05, 3.63) is 29.6 Å². The van der Waals surface area contributed by atoms with Crippen LogP contribution in [-0.4, -0.2) is 31.6 Å². The number of benzene rings is 1. The van der Waals surface area contributed by atoms with Gasteiger partial charge in [0.25, 0.3) is 0 Å². The summed E-state index contributed by atoms with van der Waals surface area (Å²) in [5, 5.41) is 9.14. The highest BCUT2D eigenvalue weighted by Gasteiger charge is 2.21. The van der Waals surface area contributed by atoms with Crippen molar-refractivity contribution in [1.82, 2.24) is 9.55 Å². The molecule has 108 valence electrons. The number of nitrogens with zero attached hydrogens (tertiary/aromatic N) is 2. The highest BCUT2D eigenvalue weighted by molar-refractivity contribution is 7.99. The molecule has 0 unspecified atom stereocenters. The van der Waals surface area contributed by atoms with E-state index in [0.717, 1.165) is 29.8 Å². The van der Waals surface area contributed by atoms with Crippen LogP contribution >= 0.6 is 11.8 Å². The summed E-state index contributed by atoms with van der Waals surface area (Å²) in [6.45, 7) is 7.26. The van der Waals surface area contributed by atoms with Gasteiger partial charge in [-0.05, 0) is 38.3 Å². The molecule has 0 amide bonds. The molecule has 0 radical (unpaired) electrons. The molecule has 5 heteroatoms. The minimum absolute atomic E-state index is 0.0801. The van der Waals surface area contributed by atoms with Crippen molar-refractivity contribution in [2.24, 2.45) is 0 Å². The Bertz CT molecular complexity index is 647. The Kier molecular flexibility index (Phi) is 4.09. The van der Waals surface area contributed by atoms with Crippen molar-refractivity contribution in [2.75, 3.05) is 6.26 Å². The maximum atomic E-state index is 11.1. The maximum absolute atomic E-state index is 11.1. The smallest absolute Gasteiger partial charge is 0.335 e. The summed E-state index contributed by atoms with van der Waals surface area (Å²) in [7, 11) is 0. The standard InChI is InChI=1S/C15H20N2O2S/c1-5-13-16-11-7-6-10(14(18)19)8-12(11)17(13)9-15(2,3)20-4/h6-8H,5,9H2,1-4H3,(H,18,19). The lowest BCUT2D eigenvalue weighted by molar-refractivity contribution is 0.0697. The van der Waals surface area contributed by atoms with E-state index in [1.165, 1.54) is 0 Å². The third kappa shape index (κ3) is 2.82. The summed E-state index contributed by atoms with van der Waals surface area (Å²) in [6.07, 6.45) is 2.93. The molecule has 4 nitrogen and oxygen atoms in total. The normalized spacial score (nSPS) is 12.0. The van der Waals surface area contributed by atoms with Crippen LogP contribution in [0.25, 0.3) is 11.0 Å². The molecule has 0 fully saturated rings. The Morgan fingerprint density at radius 1 is 1.45 bits per heavy atom. The van der Waals surface area contributed by atoms with Gasteiger partial charge in [0.05, 0.1) is 16.6 Å². The Morgan fingerprint density at radius 2 is 2.15 bits per heavy atom. The van der Waals surface area contributed by atoms with E-state index in [9.17, 15) is 4.79 Å². The second-order valence-corrected chi connectivity index (χ2v) is 6.95. The van der Waals surface area contributed by atoms with Gasteiger partial charge < -0.3 is 9.67 Å². The fourth-order valence-corrected chi connectivity index (χ4v) is 2.46. The number of hydrogen-bond donors (Lipinski definition) is 1. The molecular formula is C15H20N2O2S. The number of thioether (sulfide) groups is 1. The first kappa shape index (κ1) is 14.9. The number of fused-ring (bicyclic) bond motifs is 1. The summed E-state index contributed by atoms with van der Waals surface area (Å²) in [4.78, 5) is 15.8. The van der Waals surface area contributed by atoms with Crippen molar-refractivity contribution in [3.63, 3.8) is 0 Å². The molecule has 0 saturated carbocycles. The molecule has 0 aliphatic rings. The first-order valence-electron chi connectivity index (χ1n) is 6.65. The zero-order valence-electron chi connectivity index (χ0n) is 12.3. The molecule has 1 heterocycles. The third-order valence-corrected chi connectivity index (χ3v) is 4.72. The molecule has 0 aliphatic heterocycles. The van der Waals surface area contributed by atoms with E-state index in [1.54, 1.807) is 30.0 Å². The van der Waals surface area contributed by atoms with Crippen LogP contribution in [0.5, 0.6) is 0 Å². The quantitative estimate of drug-likeness (QED) is 0.917. The zero-order chi connectivity index (χ0) is 14.9. The topological polar surface area (TPSA) is 55.1 Å². The highest BCUT2D eigenvalue weighted by atomic mass is 32.2. The van der Waals surface area contributed by atoms with Gasteiger partial charge in [-0.15, -0.1) is 0 Å². The molecule has 0 aliphatic carbocycles. The van der Waals surface area contributed by atoms with Crippen LogP contribution in [0.2, 0.25) is 0 Å². The van der Waals surface area contributed by atoms with Crippen molar-refractivity contribution in [1.29, 1.82) is 0 Å². The van der Waals surface area contributed by atoms with Gasteiger partial charge >= 0.3 is 5.97 Å². The summed E-state index contributed by atoms with van der Waals surface area (Å²) in [6, 6.07) is 5.13. The summed E-state index contributed by atoms with van der Waals surface area (Å²) in [5.74, 6) is 0.103. The first-order valence-corrected chi connectivity index (χ1v) is 7.88. The first-order chi connectivity index (χ1) is 9.38. The molecule has 0 bridgehead atoms. The second kappa shape index (κ2) is 5.48. The number of imidazole rings is 1. The van der Waals surface area contributed by atoms with Gasteiger partial charge in [-0.3, -0.25) is 0 Å². The molecule has 0 saturated heterocycles. The van der Waals surface area contributed by atoms with Gasteiger partial charge in [-0.2, -0.15) is 11.8 Å². The lowest BCUT2D eigenvalue weighted by Gasteiger charge is -2.24. The fourth-order valence-electron chi connectivity index (χ4n) is 2.20. The van der Waals surface area contributed by atoms with Crippen LogP contribution in [0.4, 0.5) is 0 Å². The minimum Gasteiger partial charge on any atom is -0.478 e. The molecule has 0 atom stereocenters. The molecular weight excluding hydrogens is 272 g/mol. The monoisotopic (exact) mass is 292 g/mol. The van der Waals surface area contributed by atoms with E-state index in [0.29, 0.717) is 5.56 Å². The summed E-state index contributed by atoms with van der Waals surface area (Å²) >= 11 is 1.80. The highest BCUT2D eigenvalue weighted by Crippen LogP contribution is 2.27. The number of carboxylic acids is 1. The molecule has 0 spiro atoms. The average Bonchev–Trinajstić information content (AvgIpc) is 2.75. The lowest BCUT2D eigenvalue weighted by Crippen LogP contribution is -2.23. The van der Waals surface area contributed by atoms with Gasteiger partial charge in [0.2, 0.25) is 0 Å². The number of aromatic nitrogens is 2. The van der Waals surface area contributed by atoms with Gasteiger partial charge in [-0.25, -0.2) is 9.78 Å². The molecule has 2 aromatic rings. The van der Waals surface area contributed by atoms with E-state index in [1.807, 2.05) is 0 Å². The van der Waals surface area contributed by atoms with Crippen LogP contribution in [-0.2, 0) is 13.0 Å². The average molecular weight is 292 g/mol. The van der Waals surface area contributed by atoms with Gasteiger partial charge in [0, 0.05) is 17.7 Å². The Labute approximate surface area is 123 Å². The molecule has 1 aromatic carbocycles. The third-order valence-electron chi connectivity index (χ3n) is 3.48. The molecule has 2 rings (SSSR count). The van der Waals surface area contributed by atoms with E-state index < -0.39 is 5.97 Å². The van der Waals surface area contributed by atoms with Gasteiger partial charge in [-0.1, -0.05) is 6.92 Å². The van der Waals surface area contributed by atoms with E-state index in [4.69, 9.17) is 5.11 Å². The van der Waals surface area contributed by atoms with E-state index >= 15 is 0 Å². The van der Waals surface area contributed by atoms with Gasteiger partial charge in [0.1, 0.15) is 5.82 Å². The maximum Gasteiger partial charge on any atom is 0.335 e. The number of hydrogen-bond acceptors (Lipinski definition) is 3. The van der Waals surface area contributed by atoms with Crippen LogP contribution in [0.3, 0.4) is 0 Å². The molecule has 20 heavy (non-hydrogen) atoms. The van der Waals surface area contributed by atoms with Crippen LogP contribution in [0.1, 0.15) is 37.0 Å². The summed E-state index contributed by atoms with van der Waals surface area (Å²) < 4.78 is 2.23. The Morgan fingerprint density at radius 3 is 2.70 bits per heavy atom. The van der Waals surface area contributed by atoms with Crippen molar-refractivity contribution < 1.29 is 9.90 Å². The van der Waals surface area contributed by atoms with Gasteiger partial charge in [0.15, 0.2) is 0 Å². The lowest BCUT2D eigenvalue weighted by atomic mass is 10.1. The van der Waals surface area contributed by atoms with Crippen LogP contribution < -0.4 is 0 Å². The fraction of sp³-hybridized carbons (Fsp3) is 0.467. The predicted molar refractivity (Wildman–Crippen MR) is 83.7 cm³/mol. The number of carboxylic acid groups (broad SMARTS) is 1. The zero-order valence-corrected chi connectivity index (χ0v) is 13.1. The predicted octanol–water partition coefficient (Wildman–Crippen LogP) is 3.44. The number of aromatic carboxylic acids is 1. The molecule has 1 N–H and O–H groups in total. The number of carbonyl (C=O) groups is 1. The van der Waals surface area contributed by atoms with Crippen molar-refractivity contribution in [3.8, 4) is 0 Å². The van der Waals surface area contributed by atoms with Crippen molar-refractivity contribution >= 4 is 28.8 Å². The number of aryl methyl sites for hydroxylation is 1. The Balaban J connectivity index is 2.59. The van der Waals surface area contributed by atoms with Crippen LogP contribution in [0, 0.1) is 0 Å². The molecule has 1 aromatic heterocycles. The SMILES string of the molecule is CCc1nc2ccc(C(=O)O)cc2n1CC(C)(C)SC. The Hall–Kier alpha value is -1.49. The van der Waals surface area contributed by atoms with E-state index in [-0.39, 0.29) is 4.75 Å². The largest absolute Gasteiger partial charge is 0.478 e.